The summed E-state index contributed by atoms with van der Waals surface area (Å²) in [6.07, 6.45) is 1.54. The Kier molecular flexibility index (Phi) is 6.13. The smallest absolute Gasteiger partial charge is 0.306 e. The van der Waals surface area contributed by atoms with Crippen molar-refractivity contribution >= 4 is 39.1 Å². The highest BCUT2D eigenvalue weighted by Gasteiger charge is 2.09. The van der Waals surface area contributed by atoms with Crippen LogP contribution < -0.4 is 5.32 Å². The molecule has 27 heavy (non-hydrogen) atoms. The topological polar surface area (TPSA) is 92.1 Å². The zero-order valence-corrected chi connectivity index (χ0v) is 15.3. The molecule has 3 aromatic rings. The molecule has 0 bridgehead atoms. The van der Waals surface area contributed by atoms with E-state index in [9.17, 15) is 9.59 Å². The van der Waals surface area contributed by atoms with Crippen molar-refractivity contribution in [2.75, 3.05) is 11.9 Å². The molecule has 0 saturated heterocycles. The number of amides is 1. The maximum Gasteiger partial charge on any atom is 0.306 e. The zero-order chi connectivity index (χ0) is 19.1. The molecule has 2 aromatic carbocycles. The highest BCUT2D eigenvalue weighted by molar-refractivity contribution is 7.18. The number of hydrogen-bond acceptors (Lipinski definition) is 6. The van der Waals surface area contributed by atoms with E-state index >= 15 is 0 Å². The lowest BCUT2D eigenvalue weighted by molar-refractivity contribution is -0.147. The summed E-state index contributed by atoms with van der Waals surface area (Å²) in [5.41, 5.74) is 1.91. The number of nitrogens with zero attached hydrogens (tertiary/aromatic N) is 2. The van der Waals surface area contributed by atoms with E-state index in [-0.39, 0.29) is 13.0 Å². The van der Waals surface area contributed by atoms with Gasteiger partial charge in [-0.15, -0.1) is 11.3 Å². The largest absolute Gasteiger partial charge is 0.456 e. The Morgan fingerprint density at radius 2 is 2.04 bits per heavy atom. The highest BCUT2D eigenvalue weighted by atomic mass is 32.1. The van der Waals surface area contributed by atoms with Gasteiger partial charge in [-0.3, -0.25) is 9.59 Å². The van der Waals surface area contributed by atoms with E-state index in [1.807, 2.05) is 30.3 Å². The van der Waals surface area contributed by atoms with Crippen LogP contribution >= 0.6 is 11.3 Å². The number of esters is 1. The number of nitrogens with one attached hydrogen (secondary N) is 1. The summed E-state index contributed by atoms with van der Waals surface area (Å²) in [7, 11) is 0. The SMILES string of the molecule is N#Cc1cccc(NC(=O)COC(=O)CCCc2nc3ccccc3s2)c1. The van der Waals surface area contributed by atoms with Crippen molar-refractivity contribution in [1.82, 2.24) is 4.98 Å². The van der Waals surface area contributed by atoms with Crippen LogP contribution in [0.3, 0.4) is 0 Å². The summed E-state index contributed by atoms with van der Waals surface area (Å²) in [6, 6.07) is 16.4. The molecule has 1 aromatic heterocycles. The minimum atomic E-state index is -0.440. The molecule has 0 unspecified atom stereocenters. The molecule has 1 amide bonds. The molecular formula is C20H17N3O3S. The van der Waals surface area contributed by atoms with Gasteiger partial charge in [-0.25, -0.2) is 4.98 Å². The molecule has 0 aliphatic carbocycles. The number of ether oxygens (including phenoxy) is 1. The second-order valence-electron chi connectivity index (χ2n) is 5.83. The first-order valence-corrected chi connectivity index (χ1v) is 9.26. The van der Waals surface area contributed by atoms with Gasteiger partial charge in [-0.05, 0) is 43.2 Å². The predicted octanol–water partition coefficient (Wildman–Crippen LogP) is 3.67. The number of para-hydroxylation sites is 1. The van der Waals surface area contributed by atoms with E-state index in [0.29, 0.717) is 24.1 Å². The van der Waals surface area contributed by atoms with Crippen molar-refractivity contribution in [2.45, 2.75) is 19.3 Å². The summed E-state index contributed by atoms with van der Waals surface area (Å²) in [5.74, 6) is -0.860. The highest BCUT2D eigenvalue weighted by Crippen LogP contribution is 2.22. The number of aromatic nitrogens is 1. The first kappa shape index (κ1) is 18.5. The molecule has 136 valence electrons. The van der Waals surface area contributed by atoms with Gasteiger partial charge in [-0.1, -0.05) is 18.2 Å². The maximum absolute atomic E-state index is 11.8. The van der Waals surface area contributed by atoms with Crippen molar-refractivity contribution in [2.24, 2.45) is 0 Å². The Morgan fingerprint density at radius 1 is 1.19 bits per heavy atom. The number of fused-ring (bicyclic) bond motifs is 1. The second kappa shape index (κ2) is 8.92. The van der Waals surface area contributed by atoms with Crippen LogP contribution in [-0.4, -0.2) is 23.5 Å². The van der Waals surface area contributed by atoms with Crippen molar-refractivity contribution in [3.8, 4) is 6.07 Å². The summed E-state index contributed by atoms with van der Waals surface area (Å²) < 4.78 is 6.13. The number of rotatable bonds is 7. The fourth-order valence-corrected chi connectivity index (χ4v) is 3.50. The Hall–Kier alpha value is -3.24. The van der Waals surface area contributed by atoms with Gasteiger partial charge in [-0.2, -0.15) is 5.26 Å². The molecule has 7 heteroatoms. The van der Waals surface area contributed by atoms with E-state index in [4.69, 9.17) is 10.00 Å². The predicted molar refractivity (Wildman–Crippen MR) is 103 cm³/mol. The summed E-state index contributed by atoms with van der Waals surface area (Å²) in [4.78, 5) is 28.2. The number of carbonyl (C=O) groups excluding carboxylic acids is 2. The average Bonchev–Trinajstić information content (AvgIpc) is 3.09. The average molecular weight is 379 g/mol. The molecule has 1 heterocycles. The quantitative estimate of drug-likeness (QED) is 0.632. The Bertz CT molecular complexity index is 974. The third-order valence-electron chi connectivity index (χ3n) is 3.75. The monoisotopic (exact) mass is 379 g/mol. The van der Waals surface area contributed by atoms with Crippen molar-refractivity contribution in [1.29, 1.82) is 5.26 Å². The number of hydrogen-bond donors (Lipinski definition) is 1. The van der Waals surface area contributed by atoms with Crippen LogP contribution in [0.1, 0.15) is 23.4 Å². The van der Waals surface area contributed by atoms with Gasteiger partial charge in [0.2, 0.25) is 0 Å². The van der Waals surface area contributed by atoms with Crippen LogP contribution in [0.15, 0.2) is 48.5 Å². The van der Waals surface area contributed by atoms with Gasteiger partial charge < -0.3 is 10.1 Å². The number of aryl methyl sites for hydroxylation is 1. The molecule has 3 rings (SSSR count). The summed E-state index contributed by atoms with van der Waals surface area (Å²) in [6.45, 7) is -0.350. The number of nitriles is 1. The summed E-state index contributed by atoms with van der Waals surface area (Å²) >= 11 is 1.62. The number of thiazole rings is 1. The van der Waals surface area contributed by atoms with Gasteiger partial charge in [0, 0.05) is 12.1 Å². The first-order valence-electron chi connectivity index (χ1n) is 8.44. The number of anilines is 1. The van der Waals surface area contributed by atoms with Crippen molar-refractivity contribution < 1.29 is 14.3 Å². The Labute approximate surface area is 160 Å². The van der Waals surface area contributed by atoms with Crippen molar-refractivity contribution in [3.63, 3.8) is 0 Å². The van der Waals surface area contributed by atoms with Gasteiger partial charge in [0.1, 0.15) is 0 Å². The molecule has 0 aliphatic heterocycles. The molecule has 6 nitrogen and oxygen atoms in total. The van der Waals surface area contributed by atoms with Gasteiger partial charge in [0.25, 0.3) is 5.91 Å². The van der Waals surface area contributed by atoms with E-state index in [0.717, 1.165) is 15.2 Å². The molecule has 1 N–H and O–H groups in total. The van der Waals surface area contributed by atoms with Crippen LogP contribution in [0.4, 0.5) is 5.69 Å². The molecule has 0 radical (unpaired) electrons. The fraction of sp³-hybridized carbons (Fsp3) is 0.200. The maximum atomic E-state index is 11.8. The van der Waals surface area contributed by atoms with Crippen LogP contribution in [0.2, 0.25) is 0 Å². The van der Waals surface area contributed by atoms with Gasteiger partial charge in [0.05, 0.1) is 26.9 Å². The molecule has 0 spiro atoms. The van der Waals surface area contributed by atoms with Crippen LogP contribution in [0.25, 0.3) is 10.2 Å². The lowest BCUT2D eigenvalue weighted by atomic mass is 10.2. The number of carbonyl (C=O) groups is 2. The van der Waals surface area contributed by atoms with E-state index in [1.165, 1.54) is 0 Å². The molecular weight excluding hydrogens is 362 g/mol. The molecule has 0 aliphatic rings. The minimum absolute atomic E-state index is 0.229. The molecule has 0 atom stereocenters. The summed E-state index contributed by atoms with van der Waals surface area (Å²) in [5, 5.41) is 12.4. The van der Waals surface area contributed by atoms with Gasteiger partial charge in [0.15, 0.2) is 6.61 Å². The van der Waals surface area contributed by atoms with E-state index in [2.05, 4.69) is 10.3 Å². The lowest BCUT2D eigenvalue weighted by Crippen LogP contribution is -2.20. The Balaban J connectivity index is 1.38. The fourth-order valence-electron chi connectivity index (χ4n) is 2.49. The molecule has 0 fully saturated rings. The standard InChI is InChI=1S/C20H17N3O3S/c21-12-14-5-3-6-15(11-14)22-18(24)13-26-20(25)10-4-9-19-23-16-7-1-2-8-17(16)27-19/h1-3,5-8,11H,4,9-10,13H2,(H,22,24). The minimum Gasteiger partial charge on any atom is -0.456 e. The van der Waals surface area contributed by atoms with Crippen molar-refractivity contribution in [3.05, 3.63) is 59.1 Å². The van der Waals surface area contributed by atoms with E-state index < -0.39 is 11.9 Å². The zero-order valence-electron chi connectivity index (χ0n) is 14.5. The normalized spacial score (nSPS) is 10.3. The Morgan fingerprint density at radius 3 is 2.85 bits per heavy atom. The second-order valence-corrected chi connectivity index (χ2v) is 6.95. The lowest BCUT2D eigenvalue weighted by Gasteiger charge is -2.06. The van der Waals surface area contributed by atoms with Crippen LogP contribution in [0.5, 0.6) is 0 Å². The van der Waals surface area contributed by atoms with Gasteiger partial charge >= 0.3 is 5.97 Å². The third-order valence-corrected chi connectivity index (χ3v) is 4.85. The van der Waals surface area contributed by atoms with Crippen LogP contribution in [-0.2, 0) is 20.7 Å². The number of benzene rings is 2. The van der Waals surface area contributed by atoms with Crippen LogP contribution in [0, 0.1) is 11.3 Å². The van der Waals surface area contributed by atoms with E-state index in [1.54, 1.807) is 35.6 Å². The molecule has 0 saturated carbocycles. The first-order chi connectivity index (χ1) is 13.1. The third kappa shape index (κ3) is 5.36.